The molecule has 0 spiro atoms. The van der Waals surface area contributed by atoms with Crippen LogP contribution in [0.4, 0.5) is 0 Å². The lowest BCUT2D eigenvalue weighted by molar-refractivity contribution is 0.223. The van der Waals surface area contributed by atoms with Gasteiger partial charge in [0.2, 0.25) is 0 Å². The number of piperazine rings is 1. The van der Waals surface area contributed by atoms with Crippen molar-refractivity contribution >= 4 is 9.84 Å². The molecule has 0 aromatic rings. The van der Waals surface area contributed by atoms with Crippen LogP contribution in [0.15, 0.2) is 0 Å². The van der Waals surface area contributed by atoms with Crippen LogP contribution in [0, 0.1) is 0 Å². The second kappa shape index (κ2) is 5.47. The molecule has 96 valence electrons. The number of nitrogens with one attached hydrogen (secondary N) is 1. The van der Waals surface area contributed by atoms with E-state index < -0.39 is 14.6 Å². The van der Waals surface area contributed by atoms with Gasteiger partial charge in [-0.1, -0.05) is 6.92 Å². The molecule has 0 aromatic heterocycles. The van der Waals surface area contributed by atoms with E-state index in [1.54, 1.807) is 0 Å². The molecular weight excluding hydrogens is 224 g/mol. The quantitative estimate of drug-likeness (QED) is 0.769. The Hall–Kier alpha value is -0.130. The molecule has 0 aliphatic carbocycles. The monoisotopic (exact) mass is 248 g/mol. The van der Waals surface area contributed by atoms with E-state index in [0.29, 0.717) is 18.7 Å². The van der Waals surface area contributed by atoms with Gasteiger partial charge in [-0.2, -0.15) is 0 Å². The topological polar surface area (TPSA) is 49.4 Å². The molecule has 5 heteroatoms. The lowest BCUT2D eigenvalue weighted by atomic mass is 10.2. The van der Waals surface area contributed by atoms with Crippen LogP contribution in [0.2, 0.25) is 0 Å². The van der Waals surface area contributed by atoms with Crippen molar-refractivity contribution in [2.45, 2.75) is 31.9 Å². The second-order valence-corrected chi connectivity index (χ2v) is 7.85. The Bertz CT molecular complexity index is 306. The third-order valence-electron chi connectivity index (χ3n) is 3.13. The fourth-order valence-electron chi connectivity index (χ4n) is 2.05. The van der Waals surface area contributed by atoms with E-state index in [1.807, 2.05) is 20.8 Å². The van der Waals surface area contributed by atoms with Gasteiger partial charge in [-0.3, -0.25) is 4.90 Å². The van der Waals surface area contributed by atoms with Crippen LogP contribution in [0.25, 0.3) is 0 Å². The van der Waals surface area contributed by atoms with Gasteiger partial charge in [0.25, 0.3) is 0 Å². The molecule has 1 saturated heterocycles. The summed E-state index contributed by atoms with van der Waals surface area (Å²) in [7, 11) is -2.97. The first-order chi connectivity index (χ1) is 7.39. The minimum Gasteiger partial charge on any atom is -0.314 e. The highest BCUT2D eigenvalue weighted by molar-refractivity contribution is 7.92. The van der Waals surface area contributed by atoms with Crippen LogP contribution in [0.5, 0.6) is 0 Å². The van der Waals surface area contributed by atoms with Crippen LogP contribution < -0.4 is 5.32 Å². The van der Waals surface area contributed by atoms with Gasteiger partial charge in [0.1, 0.15) is 0 Å². The maximum absolute atomic E-state index is 12.1. The van der Waals surface area contributed by atoms with Gasteiger partial charge in [0, 0.05) is 32.7 Å². The molecule has 1 rings (SSSR count). The average molecular weight is 248 g/mol. The van der Waals surface area contributed by atoms with Gasteiger partial charge in [0.15, 0.2) is 9.84 Å². The van der Waals surface area contributed by atoms with Gasteiger partial charge in [0.05, 0.1) is 10.5 Å². The molecule has 1 aliphatic rings. The molecule has 1 aliphatic heterocycles. The summed E-state index contributed by atoms with van der Waals surface area (Å²) in [6.07, 6.45) is 0.702. The van der Waals surface area contributed by atoms with Gasteiger partial charge < -0.3 is 5.32 Å². The van der Waals surface area contributed by atoms with Crippen LogP contribution in [-0.4, -0.2) is 56.5 Å². The fourth-order valence-corrected chi connectivity index (χ4v) is 3.52. The molecule has 0 radical (unpaired) electrons. The molecular formula is C11H24N2O2S. The molecule has 0 saturated carbocycles. The molecule has 0 aromatic carbocycles. The van der Waals surface area contributed by atoms with Crippen LogP contribution in [0.1, 0.15) is 27.2 Å². The van der Waals surface area contributed by atoms with Crippen LogP contribution in [0.3, 0.4) is 0 Å². The third-order valence-corrected chi connectivity index (χ3v) is 5.89. The van der Waals surface area contributed by atoms with Crippen molar-refractivity contribution in [2.75, 3.05) is 38.5 Å². The van der Waals surface area contributed by atoms with Crippen molar-refractivity contribution in [3.8, 4) is 0 Å². The van der Waals surface area contributed by atoms with Crippen molar-refractivity contribution in [1.82, 2.24) is 10.2 Å². The van der Waals surface area contributed by atoms with Crippen molar-refractivity contribution in [2.24, 2.45) is 0 Å². The summed E-state index contributed by atoms with van der Waals surface area (Å²) in [6.45, 7) is 10.1. The smallest absolute Gasteiger partial charge is 0.156 e. The lowest BCUT2D eigenvalue weighted by Crippen LogP contribution is -2.51. The number of sulfone groups is 1. The Kier molecular flexibility index (Phi) is 4.76. The maximum Gasteiger partial charge on any atom is 0.156 e. The Morgan fingerprint density at radius 2 is 1.81 bits per heavy atom. The zero-order valence-electron chi connectivity index (χ0n) is 10.6. The third kappa shape index (κ3) is 3.43. The number of hydrogen-bond donors (Lipinski definition) is 1. The first-order valence-corrected chi connectivity index (χ1v) is 7.69. The molecule has 0 atom stereocenters. The summed E-state index contributed by atoms with van der Waals surface area (Å²) >= 11 is 0. The van der Waals surface area contributed by atoms with E-state index in [-0.39, 0.29) is 0 Å². The van der Waals surface area contributed by atoms with Gasteiger partial charge >= 0.3 is 0 Å². The zero-order chi connectivity index (χ0) is 12.2. The van der Waals surface area contributed by atoms with E-state index in [0.717, 1.165) is 26.2 Å². The largest absolute Gasteiger partial charge is 0.314 e. The van der Waals surface area contributed by atoms with Crippen molar-refractivity contribution in [3.63, 3.8) is 0 Å². The molecule has 1 N–H and O–H groups in total. The van der Waals surface area contributed by atoms with Crippen molar-refractivity contribution < 1.29 is 8.42 Å². The molecule has 0 amide bonds. The van der Waals surface area contributed by atoms with E-state index >= 15 is 0 Å². The molecule has 0 unspecified atom stereocenters. The minimum absolute atomic E-state index is 0.298. The normalized spacial score (nSPS) is 19.9. The summed E-state index contributed by atoms with van der Waals surface area (Å²) in [5.41, 5.74) is 0. The first-order valence-electron chi connectivity index (χ1n) is 6.04. The standard InChI is InChI=1S/C11H24N2O2S/c1-4-9-16(14,15)11(2,3)10-13-7-5-12-6-8-13/h12H,4-10H2,1-3H3. The number of nitrogens with zero attached hydrogens (tertiary/aromatic N) is 1. The number of rotatable bonds is 5. The Balaban J connectivity index is 2.62. The van der Waals surface area contributed by atoms with E-state index in [1.165, 1.54) is 0 Å². The average Bonchev–Trinajstić information content (AvgIpc) is 2.18. The predicted octanol–water partition coefficient (Wildman–Crippen LogP) is 0.495. The SMILES string of the molecule is CCCS(=O)(=O)C(C)(C)CN1CCNCC1. The summed E-state index contributed by atoms with van der Waals surface area (Å²) in [6, 6.07) is 0. The predicted molar refractivity (Wildman–Crippen MR) is 67.5 cm³/mol. The van der Waals surface area contributed by atoms with Crippen molar-refractivity contribution in [3.05, 3.63) is 0 Å². The number of hydrogen-bond acceptors (Lipinski definition) is 4. The second-order valence-electron chi connectivity index (χ2n) is 5.10. The molecule has 16 heavy (non-hydrogen) atoms. The Morgan fingerprint density at radius 1 is 1.25 bits per heavy atom. The molecule has 4 nitrogen and oxygen atoms in total. The van der Waals surface area contributed by atoms with Gasteiger partial charge in [-0.15, -0.1) is 0 Å². The summed E-state index contributed by atoms with van der Waals surface area (Å²) in [5, 5.41) is 3.27. The Morgan fingerprint density at radius 3 is 2.31 bits per heavy atom. The summed E-state index contributed by atoms with van der Waals surface area (Å²) in [4.78, 5) is 2.24. The van der Waals surface area contributed by atoms with E-state index in [9.17, 15) is 8.42 Å². The Labute approximate surface area is 99.3 Å². The minimum atomic E-state index is -2.97. The molecule has 1 heterocycles. The van der Waals surface area contributed by atoms with E-state index in [4.69, 9.17) is 0 Å². The lowest BCUT2D eigenvalue weighted by Gasteiger charge is -2.34. The maximum atomic E-state index is 12.1. The molecule has 1 fully saturated rings. The summed E-state index contributed by atoms with van der Waals surface area (Å²) in [5.74, 6) is 0.298. The zero-order valence-corrected chi connectivity index (χ0v) is 11.4. The highest BCUT2D eigenvalue weighted by Crippen LogP contribution is 2.20. The highest BCUT2D eigenvalue weighted by atomic mass is 32.2. The van der Waals surface area contributed by atoms with Crippen molar-refractivity contribution in [1.29, 1.82) is 0 Å². The van der Waals surface area contributed by atoms with E-state index in [2.05, 4.69) is 10.2 Å². The fraction of sp³-hybridized carbons (Fsp3) is 1.00. The first kappa shape index (κ1) is 13.9. The highest BCUT2D eigenvalue weighted by Gasteiger charge is 2.35. The van der Waals surface area contributed by atoms with Crippen LogP contribution in [-0.2, 0) is 9.84 Å². The van der Waals surface area contributed by atoms with Crippen LogP contribution >= 0.6 is 0 Å². The van der Waals surface area contributed by atoms with Gasteiger partial charge in [-0.25, -0.2) is 8.42 Å². The molecule has 0 bridgehead atoms. The van der Waals surface area contributed by atoms with Gasteiger partial charge in [-0.05, 0) is 20.3 Å². The summed E-state index contributed by atoms with van der Waals surface area (Å²) < 4.78 is 23.5.